The van der Waals surface area contributed by atoms with Crippen LogP contribution >= 0.6 is 0 Å². The Bertz CT molecular complexity index is 1070. The Morgan fingerprint density at radius 1 is 1.12 bits per heavy atom. The topological polar surface area (TPSA) is 47.8 Å². The number of esters is 1. The van der Waals surface area contributed by atoms with Crippen molar-refractivity contribution >= 4 is 11.7 Å². The highest BCUT2D eigenvalue weighted by Crippen LogP contribution is 2.47. The van der Waals surface area contributed by atoms with Gasteiger partial charge in [-0.3, -0.25) is 9.63 Å². The van der Waals surface area contributed by atoms with E-state index in [0.717, 1.165) is 35.4 Å². The summed E-state index contributed by atoms with van der Waals surface area (Å²) >= 11 is 0. The lowest BCUT2D eigenvalue weighted by molar-refractivity contribution is -0.761. The third kappa shape index (κ3) is 4.87. The first-order valence-electron chi connectivity index (χ1n) is 11.6. The Kier molecular flexibility index (Phi) is 7.28. The molecule has 0 aromatic heterocycles. The number of hydrogen-bond acceptors (Lipinski definition) is 4. The van der Waals surface area contributed by atoms with Gasteiger partial charge in [-0.25, -0.2) is 0 Å². The van der Waals surface area contributed by atoms with Gasteiger partial charge in [0.2, 0.25) is 5.71 Å². The predicted octanol–water partition coefficient (Wildman–Crippen LogP) is 4.71. The van der Waals surface area contributed by atoms with E-state index < -0.39 is 5.92 Å². The molecule has 0 heterocycles. The first-order chi connectivity index (χ1) is 16.1. The summed E-state index contributed by atoms with van der Waals surface area (Å²) in [5.74, 6) is 0.314. The summed E-state index contributed by atoms with van der Waals surface area (Å²) in [7, 11) is 3.46. The molecule has 0 spiro atoms. The van der Waals surface area contributed by atoms with Crippen LogP contribution in [0, 0.1) is 11.8 Å². The van der Waals surface area contributed by atoms with Crippen molar-refractivity contribution in [1.29, 1.82) is 0 Å². The van der Waals surface area contributed by atoms with E-state index in [2.05, 4.69) is 42.5 Å². The summed E-state index contributed by atoms with van der Waals surface area (Å²) in [6.45, 7) is 2.77. The van der Waals surface area contributed by atoms with E-state index >= 15 is 0 Å². The fourth-order valence-corrected chi connectivity index (χ4v) is 4.88. The second-order valence-corrected chi connectivity index (χ2v) is 8.37. The minimum atomic E-state index is -0.439. The lowest BCUT2D eigenvalue weighted by atomic mass is 9.78. The van der Waals surface area contributed by atoms with Crippen molar-refractivity contribution in [3.05, 3.63) is 89.5 Å². The molecular weight excluding hydrogens is 414 g/mol. The number of ether oxygens (including phenoxy) is 2. The molecule has 4 rings (SSSR count). The summed E-state index contributed by atoms with van der Waals surface area (Å²) < 4.78 is 13.3. The Morgan fingerprint density at radius 2 is 1.94 bits per heavy atom. The van der Waals surface area contributed by atoms with E-state index in [1.807, 2.05) is 44.3 Å². The molecule has 0 radical (unpaired) electrons. The van der Waals surface area contributed by atoms with E-state index in [1.54, 1.807) is 11.8 Å². The lowest BCUT2D eigenvalue weighted by Gasteiger charge is -2.25. The van der Waals surface area contributed by atoms with Crippen molar-refractivity contribution in [3.63, 3.8) is 0 Å². The molecule has 2 aromatic carbocycles. The highest BCUT2D eigenvalue weighted by atomic mass is 16.6. The van der Waals surface area contributed by atoms with Crippen molar-refractivity contribution in [2.24, 2.45) is 11.8 Å². The van der Waals surface area contributed by atoms with Gasteiger partial charge in [-0.05, 0) is 47.3 Å². The van der Waals surface area contributed by atoms with Crippen molar-refractivity contribution in [1.82, 2.24) is 0 Å². The Labute approximate surface area is 195 Å². The number of fused-ring (bicyclic) bond motifs is 1. The van der Waals surface area contributed by atoms with Crippen LogP contribution in [0.5, 0.6) is 5.75 Å². The van der Waals surface area contributed by atoms with Crippen LogP contribution in [0.2, 0.25) is 0 Å². The molecular formula is C28H32NO4+. The van der Waals surface area contributed by atoms with Crippen LogP contribution in [0.4, 0.5) is 0 Å². The number of carbonyl (C=O) groups excluding carboxylic acids is 1. The van der Waals surface area contributed by atoms with Gasteiger partial charge in [0.1, 0.15) is 12.9 Å². The van der Waals surface area contributed by atoms with Gasteiger partial charge in [0.25, 0.3) is 0 Å². The first-order valence-corrected chi connectivity index (χ1v) is 11.6. The van der Waals surface area contributed by atoms with Crippen LogP contribution in [-0.4, -0.2) is 43.8 Å². The Morgan fingerprint density at radius 3 is 2.64 bits per heavy atom. The maximum absolute atomic E-state index is 13.2. The van der Waals surface area contributed by atoms with Gasteiger partial charge in [0.15, 0.2) is 13.0 Å². The zero-order chi connectivity index (χ0) is 23.2. The third-order valence-corrected chi connectivity index (χ3v) is 6.44. The van der Waals surface area contributed by atoms with E-state index in [9.17, 15) is 4.79 Å². The summed E-state index contributed by atoms with van der Waals surface area (Å²) in [6, 6.07) is 16.5. The summed E-state index contributed by atoms with van der Waals surface area (Å²) in [4.78, 5) is 18.8. The minimum absolute atomic E-state index is 0.0220. The minimum Gasteiger partial charge on any atom is -0.493 e. The summed E-state index contributed by atoms with van der Waals surface area (Å²) in [5, 5.41) is 0. The molecule has 2 aliphatic carbocycles. The average Bonchev–Trinajstić information content (AvgIpc) is 3.19. The molecule has 0 amide bonds. The Balaban J connectivity index is 1.68. The highest BCUT2D eigenvalue weighted by Gasteiger charge is 2.51. The van der Waals surface area contributed by atoms with Crippen molar-refractivity contribution in [2.75, 3.05) is 27.4 Å². The monoisotopic (exact) mass is 446 g/mol. The van der Waals surface area contributed by atoms with E-state index in [1.165, 1.54) is 5.56 Å². The zero-order valence-electron chi connectivity index (χ0n) is 19.6. The third-order valence-electron chi connectivity index (χ3n) is 6.44. The molecule has 2 unspecified atom stereocenters. The molecule has 0 N–H and O–H groups in total. The molecule has 5 nitrogen and oxygen atoms in total. The van der Waals surface area contributed by atoms with Crippen LogP contribution in [-0.2, 0) is 20.8 Å². The number of rotatable bonds is 8. The van der Waals surface area contributed by atoms with Gasteiger partial charge in [-0.15, -0.1) is 0 Å². The number of carbonyl (C=O) groups is 1. The van der Waals surface area contributed by atoms with Crippen LogP contribution in [0.3, 0.4) is 0 Å². The summed E-state index contributed by atoms with van der Waals surface area (Å²) in [5.41, 5.74) is 4.19. The van der Waals surface area contributed by atoms with Gasteiger partial charge in [-0.2, -0.15) is 0 Å². The first kappa shape index (κ1) is 22.8. The SMILES string of the molecule is CCOC(=O)C1/C(=[N+](\C)OC)c2cc(OCCc3ccccc3)ccc2C1[C@H]1C=CC=CC1. The quantitative estimate of drug-likeness (QED) is 0.335. The molecule has 33 heavy (non-hydrogen) atoms. The number of allylic oxidation sites excluding steroid dienone is 4. The fourth-order valence-electron chi connectivity index (χ4n) is 4.88. The molecule has 2 aliphatic rings. The van der Waals surface area contributed by atoms with Crippen molar-refractivity contribution in [3.8, 4) is 5.75 Å². The lowest BCUT2D eigenvalue weighted by Crippen LogP contribution is -2.34. The van der Waals surface area contributed by atoms with Crippen molar-refractivity contribution in [2.45, 2.75) is 25.7 Å². The predicted molar refractivity (Wildman–Crippen MR) is 129 cm³/mol. The van der Waals surface area contributed by atoms with E-state index in [-0.39, 0.29) is 17.8 Å². The number of hydrogen-bond donors (Lipinski definition) is 0. The van der Waals surface area contributed by atoms with Gasteiger partial charge in [-0.1, -0.05) is 60.7 Å². The number of benzene rings is 2. The van der Waals surface area contributed by atoms with Gasteiger partial charge >= 0.3 is 5.97 Å². The second kappa shape index (κ2) is 10.5. The number of hydroxylamine groups is 1. The molecule has 0 fully saturated rings. The molecule has 5 heteroatoms. The van der Waals surface area contributed by atoms with Crippen LogP contribution in [0.1, 0.15) is 36.0 Å². The normalized spacial score (nSPS) is 22.6. The maximum Gasteiger partial charge on any atom is 0.320 e. The van der Waals surface area contributed by atoms with Crippen LogP contribution < -0.4 is 4.74 Å². The standard InChI is InChI=1S/C28H32NO4/c1-4-32-28(30)26-25(21-13-9-6-10-14-21)23-16-15-22(19-24(23)27(26)29(2)31-3)33-18-17-20-11-7-5-8-12-20/h5-13,15-16,19,21,25-26H,4,14,17-18H2,1-3H3/q+1/b29-27+/t21-,25?,26?/m0/s1. The molecule has 2 aromatic rings. The maximum atomic E-state index is 13.2. The second-order valence-electron chi connectivity index (χ2n) is 8.37. The zero-order valence-corrected chi connectivity index (χ0v) is 19.6. The van der Waals surface area contributed by atoms with Crippen LogP contribution in [0.15, 0.2) is 72.8 Å². The van der Waals surface area contributed by atoms with Gasteiger partial charge in [0, 0.05) is 12.3 Å². The smallest absolute Gasteiger partial charge is 0.320 e. The molecule has 172 valence electrons. The largest absolute Gasteiger partial charge is 0.493 e. The highest BCUT2D eigenvalue weighted by molar-refractivity contribution is 6.14. The van der Waals surface area contributed by atoms with Crippen molar-refractivity contribution < 1.29 is 23.8 Å². The van der Waals surface area contributed by atoms with Crippen LogP contribution in [0.25, 0.3) is 0 Å². The molecule has 0 saturated carbocycles. The molecule has 0 saturated heterocycles. The molecule has 0 aliphatic heterocycles. The number of nitrogens with zero attached hydrogens (tertiary/aromatic N) is 1. The van der Waals surface area contributed by atoms with Gasteiger partial charge in [0.05, 0.1) is 18.8 Å². The Hall–Kier alpha value is -3.34. The summed E-state index contributed by atoms with van der Waals surface area (Å²) in [6.07, 6.45) is 10.2. The fraction of sp³-hybridized carbons (Fsp3) is 0.357. The average molecular weight is 447 g/mol. The molecule has 0 bridgehead atoms. The van der Waals surface area contributed by atoms with Gasteiger partial charge < -0.3 is 9.47 Å². The molecule has 3 atom stereocenters. The van der Waals surface area contributed by atoms with E-state index in [0.29, 0.717) is 13.2 Å². The van der Waals surface area contributed by atoms with E-state index in [4.69, 9.17) is 14.3 Å².